The summed E-state index contributed by atoms with van der Waals surface area (Å²) in [7, 11) is 0. The molecule has 0 aliphatic rings. The first-order valence-corrected chi connectivity index (χ1v) is 7.33. The van der Waals surface area contributed by atoms with Crippen LogP contribution >= 0.6 is 0 Å². The second-order valence-electron chi connectivity index (χ2n) is 7.58. The normalized spacial score (nSPS) is 12.5. The summed E-state index contributed by atoms with van der Waals surface area (Å²) in [5.74, 6) is 0.771. The molecule has 0 bridgehead atoms. The third kappa shape index (κ3) is 3.60. The third-order valence-corrected chi connectivity index (χ3v) is 3.43. The maximum atomic E-state index is 5.76. The molecule has 0 amide bonds. The number of rotatable bonds is 1. The molecule has 0 aliphatic heterocycles. The number of benzene rings is 1. The lowest BCUT2D eigenvalue weighted by Crippen LogP contribution is -2.20. The highest BCUT2D eigenvalue weighted by molar-refractivity contribution is 5.59. The molecular formula is C18H25N3. The zero-order valence-electron chi connectivity index (χ0n) is 13.9. The first-order valence-electron chi connectivity index (χ1n) is 7.33. The highest BCUT2D eigenvalue weighted by atomic mass is 14.9. The Morgan fingerprint density at radius 3 is 1.57 bits per heavy atom. The Labute approximate surface area is 127 Å². The van der Waals surface area contributed by atoms with Crippen molar-refractivity contribution in [3.8, 4) is 11.4 Å². The molecule has 2 rings (SSSR count). The largest absolute Gasteiger partial charge is 0.399 e. The number of aromatic nitrogens is 2. The van der Waals surface area contributed by atoms with Crippen molar-refractivity contribution in [3.05, 3.63) is 41.7 Å². The summed E-state index contributed by atoms with van der Waals surface area (Å²) in [6.45, 7) is 13.1. The molecule has 0 saturated carbocycles. The maximum Gasteiger partial charge on any atom is 0.159 e. The average Bonchev–Trinajstić information content (AvgIpc) is 2.37. The van der Waals surface area contributed by atoms with Crippen LogP contribution in [0.5, 0.6) is 0 Å². The standard InChI is InChI=1S/C18H25N3/c1-17(2,3)14-11-15(18(4,5)6)21-16(20-14)12-7-9-13(19)10-8-12/h7-11H,19H2,1-6H3. The van der Waals surface area contributed by atoms with E-state index in [0.717, 1.165) is 28.5 Å². The molecule has 0 saturated heterocycles. The van der Waals surface area contributed by atoms with Crippen molar-refractivity contribution < 1.29 is 0 Å². The number of hydrogen-bond acceptors (Lipinski definition) is 3. The monoisotopic (exact) mass is 283 g/mol. The molecule has 1 aromatic carbocycles. The molecule has 112 valence electrons. The zero-order valence-corrected chi connectivity index (χ0v) is 13.9. The van der Waals surface area contributed by atoms with E-state index in [4.69, 9.17) is 15.7 Å². The number of hydrogen-bond donors (Lipinski definition) is 1. The summed E-state index contributed by atoms with van der Waals surface area (Å²) in [5.41, 5.74) is 9.63. The van der Waals surface area contributed by atoms with Crippen LogP contribution < -0.4 is 5.73 Å². The summed E-state index contributed by atoms with van der Waals surface area (Å²) in [6.07, 6.45) is 0. The van der Waals surface area contributed by atoms with E-state index in [1.165, 1.54) is 0 Å². The van der Waals surface area contributed by atoms with E-state index < -0.39 is 0 Å². The summed E-state index contributed by atoms with van der Waals surface area (Å²) in [4.78, 5) is 9.53. The van der Waals surface area contributed by atoms with Gasteiger partial charge in [-0.05, 0) is 30.3 Å². The molecule has 3 heteroatoms. The summed E-state index contributed by atoms with van der Waals surface area (Å²) >= 11 is 0. The average molecular weight is 283 g/mol. The van der Waals surface area contributed by atoms with Gasteiger partial charge in [-0.15, -0.1) is 0 Å². The van der Waals surface area contributed by atoms with Gasteiger partial charge < -0.3 is 5.73 Å². The number of anilines is 1. The molecule has 0 fully saturated rings. The predicted molar refractivity (Wildman–Crippen MR) is 89.3 cm³/mol. The molecule has 0 spiro atoms. The Bertz CT molecular complexity index is 597. The van der Waals surface area contributed by atoms with Crippen molar-refractivity contribution in [1.29, 1.82) is 0 Å². The van der Waals surface area contributed by atoms with E-state index in [9.17, 15) is 0 Å². The second kappa shape index (κ2) is 5.14. The topological polar surface area (TPSA) is 51.8 Å². The van der Waals surface area contributed by atoms with Crippen molar-refractivity contribution in [2.24, 2.45) is 0 Å². The Hall–Kier alpha value is -1.90. The first kappa shape index (κ1) is 15.5. The van der Waals surface area contributed by atoms with E-state index in [1.54, 1.807) is 0 Å². The van der Waals surface area contributed by atoms with Crippen LogP contribution in [0.15, 0.2) is 30.3 Å². The third-order valence-electron chi connectivity index (χ3n) is 3.43. The van der Waals surface area contributed by atoms with Crippen LogP contribution in [-0.4, -0.2) is 9.97 Å². The molecule has 2 N–H and O–H groups in total. The molecule has 3 nitrogen and oxygen atoms in total. The van der Waals surface area contributed by atoms with Gasteiger partial charge in [-0.3, -0.25) is 0 Å². The lowest BCUT2D eigenvalue weighted by atomic mass is 9.86. The fraction of sp³-hybridized carbons (Fsp3) is 0.444. The van der Waals surface area contributed by atoms with Gasteiger partial charge in [-0.25, -0.2) is 9.97 Å². The first-order chi connectivity index (χ1) is 9.57. The van der Waals surface area contributed by atoms with Crippen molar-refractivity contribution >= 4 is 5.69 Å². The van der Waals surface area contributed by atoms with Crippen molar-refractivity contribution in [1.82, 2.24) is 9.97 Å². The van der Waals surface area contributed by atoms with Crippen LogP contribution in [0.4, 0.5) is 5.69 Å². The molecular weight excluding hydrogens is 258 g/mol. The van der Waals surface area contributed by atoms with Crippen LogP contribution in [0.1, 0.15) is 52.9 Å². The van der Waals surface area contributed by atoms with Crippen LogP contribution in [0.25, 0.3) is 11.4 Å². The highest BCUT2D eigenvalue weighted by Gasteiger charge is 2.23. The summed E-state index contributed by atoms with van der Waals surface area (Å²) < 4.78 is 0. The zero-order chi connectivity index (χ0) is 15.8. The molecule has 0 aliphatic carbocycles. The van der Waals surface area contributed by atoms with Crippen LogP contribution in [0, 0.1) is 0 Å². The SMILES string of the molecule is CC(C)(C)c1cc(C(C)(C)C)nc(-c2ccc(N)cc2)n1. The molecule has 0 radical (unpaired) electrons. The fourth-order valence-electron chi connectivity index (χ4n) is 1.98. The van der Waals surface area contributed by atoms with Gasteiger partial charge >= 0.3 is 0 Å². The van der Waals surface area contributed by atoms with Crippen molar-refractivity contribution in [2.45, 2.75) is 52.4 Å². The van der Waals surface area contributed by atoms with Gasteiger partial charge in [0, 0.05) is 22.1 Å². The molecule has 21 heavy (non-hydrogen) atoms. The molecule has 1 aromatic heterocycles. The minimum Gasteiger partial charge on any atom is -0.399 e. The summed E-state index contributed by atoms with van der Waals surface area (Å²) in [5, 5.41) is 0. The minimum atomic E-state index is -0.00843. The molecule has 0 atom stereocenters. The molecule has 1 heterocycles. The minimum absolute atomic E-state index is 0.00843. The van der Waals surface area contributed by atoms with Crippen LogP contribution in [0.3, 0.4) is 0 Å². The van der Waals surface area contributed by atoms with E-state index in [1.807, 2.05) is 24.3 Å². The Morgan fingerprint density at radius 2 is 1.19 bits per heavy atom. The van der Waals surface area contributed by atoms with Gasteiger partial charge in [-0.2, -0.15) is 0 Å². The highest BCUT2D eigenvalue weighted by Crippen LogP contribution is 2.29. The second-order valence-corrected chi connectivity index (χ2v) is 7.58. The number of nitrogens with zero attached hydrogens (tertiary/aromatic N) is 2. The van der Waals surface area contributed by atoms with Gasteiger partial charge in [0.15, 0.2) is 5.82 Å². The van der Waals surface area contributed by atoms with Gasteiger partial charge in [0.25, 0.3) is 0 Å². The fourth-order valence-corrected chi connectivity index (χ4v) is 1.98. The quantitative estimate of drug-likeness (QED) is 0.793. The van der Waals surface area contributed by atoms with E-state index in [-0.39, 0.29) is 10.8 Å². The van der Waals surface area contributed by atoms with Crippen LogP contribution in [-0.2, 0) is 10.8 Å². The van der Waals surface area contributed by atoms with E-state index >= 15 is 0 Å². The smallest absolute Gasteiger partial charge is 0.159 e. The summed E-state index contributed by atoms with van der Waals surface area (Å²) in [6, 6.07) is 9.85. The van der Waals surface area contributed by atoms with Crippen LogP contribution in [0.2, 0.25) is 0 Å². The van der Waals surface area contributed by atoms with Gasteiger partial charge in [-0.1, -0.05) is 41.5 Å². The number of nitrogen functional groups attached to an aromatic ring is 1. The van der Waals surface area contributed by atoms with Crippen molar-refractivity contribution in [3.63, 3.8) is 0 Å². The van der Waals surface area contributed by atoms with Crippen molar-refractivity contribution in [2.75, 3.05) is 5.73 Å². The van der Waals surface area contributed by atoms with E-state index in [0.29, 0.717) is 0 Å². The van der Waals surface area contributed by atoms with Gasteiger partial charge in [0.05, 0.1) is 11.4 Å². The maximum absolute atomic E-state index is 5.76. The predicted octanol–water partition coefficient (Wildman–Crippen LogP) is 4.32. The Balaban J connectivity index is 2.63. The lowest BCUT2D eigenvalue weighted by molar-refractivity contribution is 0.539. The van der Waals surface area contributed by atoms with Gasteiger partial charge in [0.1, 0.15) is 0 Å². The van der Waals surface area contributed by atoms with Gasteiger partial charge in [0.2, 0.25) is 0 Å². The lowest BCUT2D eigenvalue weighted by Gasteiger charge is -2.24. The Kier molecular flexibility index (Phi) is 3.79. The van der Waals surface area contributed by atoms with E-state index in [2.05, 4.69) is 47.6 Å². The molecule has 0 unspecified atom stereocenters. The molecule has 2 aromatic rings. The number of nitrogens with two attached hydrogens (primary N) is 1. The Morgan fingerprint density at radius 1 is 0.762 bits per heavy atom.